The summed E-state index contributed by atoms with van der Waals surface area (Å²) in [5, 5.41) is 1.94. The fourth-order valence-electron chi connectivity index (χ4n) is 3.08. The minimum atomic E-state index is 0.670. The van der Waals surface area contributed by atoms with Crippen molar-refractivity contribution >= 4 is 34.9 Å². The fourth-order valence-corrected chi connectivity index (χ4v) is 5.05. The van der Waals surface area contributed by atoms with Gasteiger partial charge in [-0.25, -0.2) is 9.98 Å². The van der Waals surface area contributed by atoms with Crippen molar-refractivity contribution in [1.82, 2.24) is 0 Å². The van der Waals surface area contributed by atoms with E-state index in [4.69, 9.17) is 19.5 Å². The highest BCUT2D eigenvalue weighted by atomic mass is 32.2. The van der Waals surface area contributed by atoms with Crippen LogP contribution in [0.5, 0.6) is 11.5 Å². The molecule has 3 aromatic carbocycles. The van der Waals surface area contributed by atoms with Gasteiger partial charge in [0.2, 0.25) is 0 Å². The lowest BCUT2D eigenvalue weighted by atomic mass is 10.2. The second-order valence-corrected chi connectivity index (χ2v) is 8.00. The number of nitrogens with zero attached hydrogens (tertiary/aromatic N) is 2. The second kappa shape index (κ2) is 6.07. The molecule has 6 heteroatoms. The van der Waals surface area contributed by atoms with Crippen LogP contribution in [0, 0.1) is 0 Å². The Balaban J connectivity index is 1.73. The standard InChI is InChI=1S/C20H14N2O2S2/c1-23-14-7-8-16-19(20(14)24-2)22-13-10-17-12(9-18(13)26-16)21-11-5-3-4-6-15(11)25-17/h3-10H,1-2H3. The van der Waals surface area contributed by atoms with Crippen LogP contribution in [0.15, 0.2) is 78.1 Å². The molecule has 0 unspecified atom stereocenters. The number of para-hydroxylation sites is 1. The third-order valence-corrected chi connectivity index (χ3v) is 6.51. The Kier molecular flexibility index (Phi) is 3.69. The number of hydrogen-bond acceptors (Lipinski definition) is 6. The summed E-state index contributed by atoms with van der Waals surface area (Å²) in [6.07, 6.45) is 0. The molecular formula is C20H14N2O2S2. The van der Waals surface area contributed by atoms with Gasteiger partial charge in [-0.15, -0.1) is 0 Å². The molecule has 0 bridgehead atoms. The van der Waals surface area contributed by atoms with Crippen LogP contribution in [0.25, 0.3) is 0 Å². The molecule has 0 atom stereocenters. The number of benzene rings is 3. The average molecular weight is 378 g/mol. The molecule has 5 rings (SSSR count). The predicted molar refractivity (Wildman–Crippen MR) is 102 cm³/mol. The molecule has 2 aliphatic heterocycles. The zero-order chi connectivity index (χ0) is 17.7. The van der Waals surface area contributed by atoms with Crippen molar-refractivity contribution in [3.63, 3.8) is 0 Å². The van der Waals surface area contributed by atoms with Crippen molar-refractivity contribution in [3.05, 3.63) is 59.2 Å². The molecule has 2 heterocycles. The average Bonchev–Trinajstić information content (AvgIpc) is 2.68. The van der Waals surface area contributed by atoms with Gasteiger partial charge in [0.05, 0.1) is 30.6 Å². The molecule has 3 aromatic rings. The van der Waals surface area contributed by atoms with E-state index < -0.39 is 0 Å². The van der Waals surface area contributed by atoms with E-state index in [9.17, 15) is 0 Å². The summed E-state index contributed by atoms with van der Waals surface area (Å²) in [6, 6.07) is 16.4. The van der Waals surface area contributed by atoms with Gasteiger partial charge in [0.25, 0.3) is 0 Å². The maximum absolute atomic E-state index is 5.55. The Morgan fingerprint density at radius 3 is 2.23 bits per heavy atom. The Morgan fingerprint density at radius 1 is 0.731 bits per heavy atom. The summed E-state index contributed by atoms with van der Waals surface area (Å²) >= 11 is 3.42. The van der Waals surface area contributed by atoms with E-state index in [0.29, 0.717) is 11.5 Å². The Bertz CT molecular complexity index is 1180. The fraction of sp³-hybridized carbons (Fsp3) is 0.100. The number of ether oxygens (including phenoxy) is 2. The van der Waals surface area contributed by atoms with Crippen molar-refractivity contribution in [2.45, 2.75) is 19.6 Å². The lowest BCUT2D eigenvalue weighted by Crippen LogP contribution is -2.18. The summed E-state index contributed by atoms with van der Waals surface area (Å²) in [4.78, 5) is 14.1. The summed E-state index contributed by atoms with van der Waals surface area (Å²) in [5.74, 6) is 1.36. The Hall–Kier alpha value is -2.44. The third kappa shape index (κ3) is 2.40. The SMILES string of the molecule is COc1ccc2c(c1OC)N=c1cc3c(cc1S2)=Nc1ccccc1S3. The highest BCUT2D eigenvalue weighted by Gasteiger charge is 2.21. The predicted octanol–water partition coefficient (Wildman–Crippen LogP) is 4.54. The van der Waals surface area contributed by atoms with Gasteiger partial charge in [-0.3, -0.25) is 0 Å². The van der Waals surface area contributed by atoms with E-state index in [2.05, 4.69) is 24.3 Å². The molecular weight excluding hydrogens is 364 g/mol. The van der Waals surface area contributed by atoms with Crippen molar-refractivity contribution in [3.8, 4) is 11.5 Å². The lowest BCUT2D eigenvalue weighted by molar-refractivity contribution is 0.355. The molecule has 0 N–H and O–H groups in total. The number of hydrogen-bond donors (Lipinski definition) is 0. The molecule has 0 aromatic heterocycles. The first kappa shape index (κ1) is 15.8. The normalized spacial score (nSPS) is 13.3. The maximum Gasteiger partial charge on any atom is 0.187 e. The molecule has 128 valence electrons. The summed E-state index contributed by atoms with van der Waals surface area (Å²) in [6.45, 7) is 0. The van der Waals surface area contributed by atoms with Gasteiger partial charge in [-0.1, -0.05) is 35.7 Å². The third-order valence-electron chi connectivity index (χ3n) is 4.30. The summed E-state index contributed by atoms with van der Waals surface area (Å²) in [5.41, 5.74) is 1.84. The molecule has 0 spiro atoms. The minimum absolute atomic E-state index is 0.670. The first-order valence-corrected chi connectivity index (χ1v) is 9.71. The smallest absolute Gasteiger partial charge is 0.187 e. The maximum atomic E-state index is 5.55. The molecule has 0 radical (unpaired) electrons. The number of methoxy groups -OCH3 is 2. The van der Waals surface area contributed by atoms with Gasteiger partial charge < -0.3 is 9.47 Å². The van der Waals surface area contributed by atoms with Gasteiger partial charge >= 0.3 is 0 Å². The van der Waals surface area contributed by atoms with Crippen LogP contribution >= 0.6 is 23.5 Å². The molecule has 4 nitrogen and oxygen atoms in total. The minimum Gasteiger partial charge on any atom is -0.493 e. The zero-order valence-electron chi connectivity index (χ0n) is 14.1. The number of rotatable bonds is 2. The van der Waals surface area contributed by atoms with Crippen molar-refractivity contribution in [2.75, 3.05) is 14.2 Å². The van der Waals surface area contributed by atoms with E-state index >= 15 is 0 Å². The molecule has 0 fully saturated rings. The summed E-state index contributed by atoms with van der Waals surface area (Å²) in [7, 11) is 3.28. The first-order valence-electron chi connectivity index (χ1n) is 8.08. The van der Waals surface area contributed by atoms with Crippen LogP contribution in [-0.4, -0.2) is 14.2 Å². The van der Waals surface area contributed by atoms with Crippen LogP contribution < -0.4 is 20.2 Å². The van der Waals surface area contributed by atoms with Crippen LogP contribution in [0.1, 0.15) is 0 Å². The monoisotopic (exact) mass is 378 g/mol. The van der Waals surface area contributed by atoms with Crippen molar-refractivity contribution < 1.29 is 9.47 Å². The van der Waals surface area contributed by atoms with Gasteiger partial charge in [-0.05, 0) is 36.4 Å². The van der Waals surface area contributed by atoms with E-state index in [1.165, 1.54) is 4.90 Å². The van der Waals surface area contributed by atoms with Gasteiger partial charge in [0.15, 0.2) is 11.5 Å². The Labute approximate surface area is 159 Å². The van der Waals surface area contributed by atoms with Crippen molar-refractivity contribution in [1.29, 1.82) is 0 Å². The van der Waals surface area contributed by atoms with E-state index in [1.54, 1.807) is 37.7 Å². The second-order valence-electron chi connectivity index (χ2n) is 5.83. The van der Waals surface area contributed by atoms with Crippen molar-refractivity contribution in [2.24, 2.45) is 9.98 Å². The van der Waals surface area contributed by atoms with Gasteiger partial charge in [0, 0.05) is 19.6 Å². The van der Waals surface area contributed by atoms with Crippen LogP contribution in [0.4, 0.5) is 11.4 Å². The van der Waals surface area contributed by atoms with E-state index in [0.717, 1.165) is 36.8 Å². The molecule has 0 saturated heterocycles. The zero-order valence-corrected chi connectivity index (χ0v) is 15.8. The highest BCUT2D eigenvalue weighted by molar-refractivity contribution is 8.00. The highest BCUT2D eigenvalue weighted by Crippen LogP contribution is 2.47. The van der Waals surface area contributed by atoms with E-state index in [1.807, 2.05) is 24.3 Å². The molecule has 2 aliphatic rings. The molecule has 26 heavy (non-hydrogen) atoms. The van der Waals surface area contributed by atoms with Gasteiger partial charge in [-0.2, -0.15) is 0 Å². The summed E-state index contributed by atoms with van der Waals surface area (Å²) < 4.78 is 11.0. The van der Waals surface area contributed by atoms with Crippen LogP contribution in [-0.2, 0) is 0 Å². The Morgan fingerprint density at radius 2 is 1.46 bits per heavy atom. The largest absolute Gasteiger partial charge is 0.493 e. The van der Waals surface area contributed by atoms with Crippen LogP contribution in [0.3, 0.4) is 0 Å². The number of fused-ring (bicyclic) bond motifs is 4. The van der Waals surface area contributed by atoms with Crippen LogP contribution in [0.2, 0.25) is 0 Å². The van der Waals surface area contributed by atoms with E-state index in [-0.39, 0.29) is 0 Å². The molecule has 0 saturated carbocycles. The topological polar surface area (TPSA) is 43.2 Å². The molecule has 0 amide bonds. The lowest BCUT2D eigenvalue weighted by Gasteiger charge is -2.18. The first-order chi connectivity index (χ1) is 12.8. The molecule has 0 aliphatic carbocycles. The quantitative estimate of drug-likeness (QED) is 0.452. The van der Waals surface area contributed by atoms with Gasteiger partial charge in [0.1, 0.15) is 5.69 Å².